The predicted octanol–water partition coefficient (Wildman–Crippen LogP) is 3.07. The van der Waals surface area contributed by atoms with E-state index >= 15 is 0 Å². The van der Waals surface area contributed by atoms with E-state index in [-0.39, 0.29) is 11.8 Å². The summed E-state index contributed by atoms with van der Waals surface area (Å²) in [6.07, 6.45) is -0.561. The molecule has 5 heteroatoms. The highest BCUT2D eigenvalue weighted by molar-refractivity contribution is 6.00. The zero-order chi connectivity index (χ0) is 17.1. The van der Waals surface area contributed by atoms with Crippen LogP contribution in [-0.2, 0) is 11.3 Å². The van der Waals surface area contributed by atoms with E-state index in [1.165, 1.54) is 0 Å². The Kier molecular flexibility index (Phi) is 4.51. The highest BCUT2D eigenvalue weighted by atomic mass is 16.5. The Balaban J connectivity index is 1.81. The molecule has 1 aliphatic rings. The molecule has 3 rings (SSSR count). The van der Waals surface area contributed by atoms with Crippen LogP contribution in [-0.4, -0.2) is 29.4 Å². The maximum absolute atomic E-state index is 12.8. The van der Waals surface area contributed by atoms with Crippen LogP contribution in [0.15, 0.2) is 48.5 Å². The molecule has 0 fully saturated rings. The zero-order valence-electron chi connectivity index (χ0n) is 13.8. The van der Waals surface area contributed by atoms with Crippen molar-refractivity contribution < 1.29 is 14.3 Å². The number of ether oxygens (including phenoxy) is 1. The monoisotopic (exact) mass is 324 g/mol. The van der Waals surface area contributed by atoms with Gasteiger partial charge in [0.25, 0.3) is 11.8 Å². The first kappa shape index (κ1) is 16.1. The molecule has 1 aliphatic heterocycles. The molecule has 24 heavy (non-hydrogen) atoms. The Morgan fingerprint density at radius 1 is 1.21 bits per heavy atom. The van der Waals surface area contributed by atoms with Crippen molar-refractivity contribution in [2.45, 2.75) is 26.5 Å². The van der Waals surface area contributed by atoms with Crippen molar-refractivity contribution in [3.63, 3.8) is 0 Å². The van der Waals surface area contributed by atoms with Gasteiger partial charge in [0.05, 0.1) is 5.69 Å². The van der Waals surface area contributed by atoms with E-state index in [1.807, 2.05) is 37.3 Å². The number of hydrogen-bond donors (Lipinski definition) is 1. The van der Waals surface area contributed by atoms with E-state index < -0.39 is 6.10 Å². The minimum Gasteiger partial charge on any atom is -0.479 e. The molecule has 2 aromatic carbocycles. The molecule has 2 aromatic rings. The molecule has 124 valence electrons. The standard InChI is InChI=1S/C19H20N2O3/c1-3-21(12-14-7-5-4-6-8-14)19(23)15-9-10-16-17(11-15)24-13(2)18(22)20-16/h4-11,13H,3,12H2,1-2H3,(H,20,22). The largest absolute Gasteiger partial charge is 0.479 e. The number of anilines is 1. The maximum atomic E-state index is 12.8. The fourth-order valence-electron chi connectivity index (χ4n) is 2.65. The van der Waals surface area contributed by atoms with Gasteiger partial charge in [0.1, 0.15) is 5.75 Å². The molecule has 0 saturated carbocycles. The van der Waals surface area contributed by atoms with E-state index in [0.29, 0.717) is 30.1 Å². The van der Waals surface area contributed by atoms with Gasteiger partial charge in [-0.2, -0.15) is 0 Å². The molecule has 1 N–H and O–H groups in total. The third-order valence-corrected chi connectivity index (χ3v) is 4.04. The van der Waals surface area contributed by atoms with Gasteiger partial charge in [-0.15, -0.1) is 0 Å². The van der Waals surface area contributed by atoms with E-state index in [9.17, 15) is 9.59 Å². The number of rotatable bonds is 4. The summed E-state index contributed by atoms with van der Waals surface area (Å²) >= 11 is 0. The van der Waals surface area contributed by atoms with Crippen molar-refractivity contribution in [2.75, 3.05) is 11.9 Å². The van der Waals surface area contributed by atoms with Gasteiger partial charge in [0.15, 0.2) is 6.10 Å². The molecule has 2 amide bonds. The fourth-order valence-corrected chi connectivity index (χ4v) is 2.65. The Hall–Kier alpha value is -2.82. The molecule has 1 unspecified atom stereocenters. The van der Waals surface area contributed by atoms with Crippen molar-refractivity contribution in [1.82, 2.24) is 4.90 Å². The summed E-state index contributed by atoms with van der Waals surface area (Å²) in [5.74, 6) is 0.293. The number of nitrogens with zero attached hydrogens (tertiary/aromatic N) is 1. The van der Waals surface area contributed by atoms with E-state index in [0.717, 1.165) is 5.56 Å². The number of fused-ring (bicyclic) bond motifs is 1. The van der Waals surface area contributed by atoms with Crippen LogP contribution in [0.1, 0.15) is 29.8 Å². The summed E-state index contributed by atoms with van der Waals surface area (Å²) < 4.78 is 5.58. The van der Waals surface area contributed by atoms with Crippen molar-refractivity contribution in [3.05, 3.63) is 59.7 Å². The number of carbonyl (C=O) groups is 2. The molecule has 0 saturated heterocycles. The van der Waals surface area contributed by atoms with Gasteiger partial charge in [-0.1, -0.05) is 30.3 Å². The topological polar surface area (TPSA) is 58.6 Å². The lowest BCUT2D eigenvalue weighted by molar-refractivity contribution is -0.122. The molecule has 5 nitrogen and oxygen atoms in total. The summed E-state index contributed by atoms with van der Waals surface area (Å²) in [6, 6.07) is 15.0. The van der Waals surface area contributed by atoms with Crippen LogP contribution in [0.4, 0.5) is 5.69 Å². The average Bonchev–Trinajstić information content (AvgIpc) is 2.60. The first-order valence-corrected chi connectivity index (χ1v) is 8.03. The molecule has 0 aromatic heterocycles. The maximum Gasteiger partial charge on any atom is 0.265 e. The quantitative estimate of drug-likeness (QED) is 0.940. The minimum atomic E-state index is -0.561. The third-order valence-electron chi connectivity index (χ3n) is 4.04. The van der Waals surface area contributed by atoms with E-state index in [2.05, 4.69) is 5.32 Å². The Morgan fingerprint density at radius 3 is 2.67 bits per heavy atom. The lowest BCUT2D eigenvalue weighted by Gasteiger charge is -2.25. The number of amides is 2. The molecule has 0 spiro atoms. The van der Waals surface area contributed by atoms with Gasteiger partial charge in [-0.05, 0) is 37.6 Å². The lowest BCUT2D eigenvalue weighted by Crippen LogP contribution is -2.35. The molecular formula is C19H20N2O3. The summed E-state index contributed by atoms with van der Waals surface area (Å²) in [4.78, 5) is 26.2. The second kappa shape index (κ2) is 6.74. The molecule has 0 aliphatic carbocycles. The van der Waals surface area contributed by atoms with Crippen molar-refractivity contribution in [3.8, 4) is 5.75 Å². The zero-order valence-corrected chi connectivity index (χ0v) is 13.8. The second-order valence-electron chi connectivity index (χ2n) is 5.77. The number of benzene rings is 2. The number of hydrogen-bond acceptors (Lipinski definition) is 3. The van der Waals surface area contributed by atoms with Crippen LogP contribution in [0.2, 0.25) is 0 Å². The Morgan fingerprint density at radius 2 is 1.96 bits per heavy atom. The summed E-state index contributed by atoms with van der Waals surface area (Å²) in [5, 5.41) is 2.77. The van der Waals surface area contributed by atoms with Gasteiger partial charge < -0.3 is 15.0 Å². The van der Waals surface area contributed by atoms with Crippen LogP contribution < -0.4 is 10.1 Å². The highest BCUT2D eigenvalue weighted by Gasteiger charge is 2.25. The molecule has 1 heterocycles. The third kappa shape index (κ3) is 3.25. The fraction of sp³-hybridized carbons (Fsp3) is 0.263. The SMILES string of the molecule is CCN(Cc1ccccc1)C(=O)c1ccc2c(c1)OC(C)C(=O)N2. The van der Waals surface area contributed by atoms with Crippen LogP contribution >= 0.6 is 0 Å². The first-order valence-electron chi connectivity index (χ1n) is 8.03. The van der Waals surface area contributed by atoms with Gasteiger partial charge in [-0.3, -0.25) is 9.59 Å². The molecule has 0 bridgehead atoms. The van der Waals surface area contributed by atoms with E-state index in [4.69, 9.17) is 4.74 Å². The average molecular weight is 324 g/mol. The summed E-state index contributed by atoms with van der Waals surface area (Å²) in [6.45, 7) is 4.80. The summed E-state index contributed by atoms with van der Waals surface area (Å²) in [7, 11) is 0. The normalized spacial score (nSPS) is 15.9. The van der Waals surface area contributed by atoms with Crippen molar-refractivity contribution in [1.29, 1.82) is 0 Å². The van der Waals surface area contributed by atoms with Crippen LogP contribution in [0.3, 0.4) is 0 Å². The Bertz CT molecular complexity index is 758. The smallest absolute Gasteiger partial charge is 0.265 e. The number of nitrogens with one attached hydrogen (secondary N) is 1. The van der Waals surface area contributed by atoms with Gasteiger partial charge in [-0.25, -0.2) is 0 Å². The molecular weight excluding hydrogens is 304 g/mol. The van der Waals surface area contributed by atoms with Crippen LogP contribution in [0, 0.1) is 0 Å². The molecule has 0 radical (unpaired) electrons. The van der Waals surface area contributed by atoms with Gasteiger partial charge >= 0.3 is 0 Å². The molecule has 1 atom stereocenters. The van der Waals surface area contributed by atoms with E-state index in [1.54, 1.807) is 30.0 Å². The summed E-state index contributed by atoms with van der Waals surface area (Å²) in [5.41, 5.74) is 2.23. The predicted molar refractivity (Wildman–Crippen MR) is 92.0 cm³/mol. The van der Waals surface area contributed by atoms with Crippen LogP contribution in [0.5, 0.6) is 5.75 Å². The van der Waals surface area contributed by atoms with Gasteiger partial charge in [0, 0.05) is 18.7 Å². The number of carbonyl (C=O) groups excluding carboxylic acids is 2. The minimum absolute atomic E-state index is 0.0580. The second-order valence-corrected chi connectivity index (χ2v) is 5.77. The van der Waals surface area contributed by atoms with Crippen molar-refractivity contribution in [2.24, 2.45) is 0 Å². The van der Waals surface area contributed by atoms with Crippen molar-refractivity contribution >= 4 is 17.5 Å². The van der Waals surface area contributed by atoms with Crippen LogP contribution in [0.25, 0.3) is 0 Å². The Labute approximate surface area is 141 Å². The highest BCUT2D eigenvalue weighted by Crippen LogP contribution is 2.31. The lowest BCUT2D eigenvalue weighted by atomic mass is 10.1. The van der Waals surface area contributed by atoms with Gasteiger partial charge in [0.2, 0.25) is 0 Å². The first-order chi connectivity index (χ1) is 11.6.